The first-order chi connectivity index (χ1) is 12.2. The number of hydrogen-bond donors (Lipinski definition) is 3. The second-order valence-electron chi connectivity index (χ2n) is 5.88. The number of aliphatic hydroxyl groups is 1. The molecule has 0 saturated carbocycles. The highest BCUT2D eigenvalue weighted by Crippen LogP contribution is 2.34. The number of carbonyl (C=O) groups excluding carboxylic acids is 1. The van der Waals surface area contributed by atoms with Gasteiger partial charge in [0.1, 0.15) is 5.75 Å². The fraction of sp³-hybridized carbons (Fsp3) is 0.278. The Kier molecular flexibility index (Phi) is 4.07. The zero-order valence-corrected chi connectivity index (χ0v) is 13.5. The van der Waals surface area contributed by atoms with Gasteiger partial charge in [-0.2, -0.15) is 0 Å². The molecule has 2 heterocycles. The van der Waals surface area contributed by atoms with Gasteiger partial charge in [-0.15, -0.1) is 0 Å². The topological polar surface area (TPSA) is 89.1 Å². The standard InChI is InChI=1S/C18H18N2O5/c21-14(11-1-3-15-12(7-11)5-6-23-15)9-19-18(22)20-13-2-4-16-17(8-13)25-10-24-16/h1-4,7-8,14,21H,5-6,9-10H2,(H2,19,20,22)/t14-/m0/s1. The van der Waals surface area contributed by atoms with Crippen molar-refractivity contribution in [3.8, 4) is 17.2 Å². The SMILES string of the molecule is O=C(NC[C@H](O)c1ccc2c(c1)CCO2)Nc1ccc2c(c1)OCO2. The molecule has 3 N–H and O–H groups in total. The number of carbonyl (C=O) groups is 1. The van der Waals surface area contributed by atoms with Gasteiger partial charge >= 0.3 is 6.03 Å². The molecule has 0 bridgehead atoms. The second kappa shape index (κ2) is 6.52. The Balaban J connectivity index is 1.32. The van der Waals surface area contributed by atoms with Crippen molar-refractivity contribution in [3.63, 3.8) is 0 Å². The minimum atomic E-state index is -0.784. The molecular formula is C18H18N2O5. The molecule has 0 aliphatic carbocycles. The van der Waals surface area contributed by atoms with E-state index in [1.807, 2.05) is 18.2 Å². The fourth-order valence-corrected chi connectivity index (χ4v) is 2.87. The average Bonchev–Trinajstić information content (AvgIpc) is 3.27. The predicted octanol–water partition coefficient (Wildman–Crippen LogP) is 2.21. The third kappa shape index (κ3) is 3.32. The Bertz CT molecular complexity index is 808. The highest BCUT2D eigenvalue weighted by molar-refractivity contribution is 5.89. The Morgan fingerprint density at radius 1 is 1.08 bits per heavy atom. The number of aliphatic hydroxyl groups excluding tert-OH is 1. The zero-order chi connectivity index (χ0) is 17.2. The van der Waals surface area contributed by atoms with E-state index in [4.69, 9.17) is 14.2 Å². The highest BCUT2D eigenvalue weighted by Gasteiger charge is 2.17. The zero-order valence-electron chi connectivity index (χ0n) is 13.5. The molecule has 2 aliphatic heterocycles. The van der Waals surface area contributed by atoms with Crippen LogP contribution in [0.2, 0.25) is 0 Å². The van der Waals surface area contributed by atoms with E-state index in [2.05, 4.69) is 10.6 Å². The summed E-state index contributed by atoms with van der Waals surface area (Å²) >= 11 is 0. The summed E-state index contributed by atoms with van der Waals surface area (Å²) in [6.45, 7) is 0.962. The van der Waals surface area contributed by atoms with E-state index in [0.29, 0.717) is 23.8 Å². The number of hydrogen-bond acceptors (Lipinski definition) is 5. The van der Waals surface area contributed by atoms with Gasteiger partial charge in [0.25, 0.3) is 0 Å². The summed E-state index contributed by atoms with van der Waals surface area (Å²) in [5.74, 6) is 2.12. The first-order valence-electron chi connectivity index (χ1n) is 8.07. The Hall–Kier alpha value is -2.93. The number of benzene rings is 2. The first-order valence-corrected chi connectivity index (χ1v) is 8.07. The van der Waals surface area contributed by atoms with Crippen LogP contribution in [-0.2, 0) is 6.42 Å². The number of anilines is 1. The van der Waals surface area contributed by atoms with Gasteiger partial charge in [-0.3, -0.25) is 0 Å². The van der Waals surface area contributed by atoms with Crippen molar-refractivity contribution in [2.75, 3.05) is 25.3 Å². The normalized spacial score (nSPS) is 15.2. The molecule has 0 fully saturated rings. The number of fused-ring (bicyclic) bond motifs is 2. The van der Waals surface area contributed by atoms with Gasteiger partial charge in [0.15, 0.2) is 11.5 Å². The number of rotatable bonds is 4. The Morgan fingerprint density at radius 3 is 2.84 bits per heavy atom. The lowest BCUT2D eigenvalue weighted by Crippen LogP contribution is -2.32. The summed E-state index contributed by atoms with van der Waals surface area (Å²) < 4.78 is 15.9. The third-order valence-electron chi connectivity index (χ3n) is 4.18. The van der Waals surface area contributed by atoms with Crippen molar-refractivity contribution in [1.82, 2.24) is 5.32 Å². The maximum Gasteiger partial charge on any atom is 0.319 e. The molecule has 0 radical (unpaired) electrons. The molecular weight excluding hydrogens is 324 g/mol. The molecule has 2 aromatic rings. The molecule has 0 aromatic heterocycles. The molecule has 25 heavy (non-hydrogen) atoms. The maximum absolute atomic E-state index is 12.0. The molecule has 2 amide bonds. The smallest absolute Gasteiger partial charge is 0.319 e. The van der Waals surface area contributed by atoms with Crippen LogP contribution < -0.4 is 24.8 Å². The number of urea groups is 1. The maximum atomic E-state index is 12.0. The first kappa shape index (κ1) is 15.6. The molecule has 4 rings (SSSR count). The molecule has 1 atom stereocenters. The van der Waals surface area contributed by atoms with Gasteiger partial charge in [0.2, 0.25) is 6.79 Å². The molecule has 130 valence electrons. The van der Waals surface area contributed by atoms with Gasteiger partial charge in [0.05, 0.1) is 12.7 Å². The summed E-state index contributed by atoms with van der Waals surface area (Å²) in [5, 5.41) is 15.6. The lowest BCUT2D eigenvalue weighted by molar-refractivity contribution is 0.174. The van der Waals surface area contributed by atoms with Crippen LogP contribution in [-0.4, -0.2) is 31.1 Å². The Labute approximate surface area is 144 Å². The largest absolute Gasteiger partial charge is 0.493 e. The van der Waals surface area contributed by atoms with Crippen LogP contribution >= 0.6 is 0 Å². The fourth-order valence-electron chi connectivity index (χ4n) is 2.87. The van der Waals surface area contributed by atoms with Crippen LogP contribution in [0.15, 0.2) is 36.4 Å². The van der Waals surface area contributed by atoms with Crippen LogP contribution in [0.5, 0.6) is 17.2 Å². The molecule has 0 spiro atoms. The number of nitrogens with one attached hydrogen (secondary N) is 2. The quantitative estimate of drug-likeness (QED) is 0.793. The molecule has 7 heteroatoms. The van der Waals surface area contributed by atoms with Crippen LogP contribution in [0, 0.1) is 0 Å². The van der Waals surface area contributed by atoms with Gasteiger partial charge in [-0.05, 0) is 35.4 Å². The summed E-state index contributed by atoms with van der Waals surface area (Å²) in [6.07, 6.45) is 0.0573. The summed E-state index contributed by atoms with van der Waals surface area (Å²) in [4.78, 5) is 12.0. The van der Waals surface area contributed by atoms with Crippen molar-refractivity contribution >= 4 is 11.7 Å². The average molecular weight is 342 g/mol. The summed E-state index contributed by atoms with van der Waals surface area (Å²) in [6, 6.07) is 10.3. The van der Waals surface area contributed by atoms with E-state index in [-0.39, 0.29) is 13.3 Å². The lowest BCUT2D eigenvalue weighted by atomic mass is 10.0. The lowest BCUT2D eigenvalue weighted by Gasteiger charge is -2.14. The minimum Gasteiger partial charge on any atom is -0.493 e. The van der Waals surface area contributed by atoms with Crippen LogP contribution in [0.3, 0.4) is 0 Å². The molecule has 0 saturated heterocycles. The van der Waals surface area contributed by atoms with E-state index in [1.54, 1.807) is 18.2 Å². The van der Waals surface area contributed by atoms with Gasteiger partial charge in [0, 0.05) is 24.7 Å². The van der Waals surface area contributed by atoms with Gasteiger partial charge in [-0.25, -0.2) is 4.79 Å². The van der Waals surface area contributed by atoms with Crippen molar-refractivity contribution in [3.05, 3.63) is 47.5 Å². The molecule has 2 aliphatic rings. The second-order valence-corrected chi connectivity index (χ2v) is 5.88. The molecule has 7 nitrogen and oxygen atoms in total. The molecule has 2 aromatic carbocycles. The van der Waals surface area contributed by atoms with E-state index in [0.717, 1.165) is 23.3 Å². The summed E-state index contributed by atoms with van der Waals surface area (Å²) in [7, 11) is 0. The molecule has 0 unspecified atom stereocenters. The van der Waals surface area contributed by atoms with Gasteiger partial charge in [-0.1, -0.05) is 6.07 Å². The van der Waals surface area contributed by atoms with E-state index in [9.17, 15) is 9.90 Å². The Morgan fingerprint density at radius 2 is 1.92 bits per heavy atom. The van der Waals surface area contributed by atoms with E-state index >= 15 is 0 Å². The third-order valence-corrected chi connectivity index (χ3v) is 4.18. The monoisotopic (exact) mass is 342 g/mol. The van der Waals surface area contributed by atoms with Crippen molar-refractivity contribution in [1.29, 1.82) is 0 Å². The van der Waals surface area contributed by atoms with Crippen LogP contribution in [0.4, 0.5) is 10.5 Å². The van der Waals surface area contributed by atoms with Crippen molar-refractivity contribution in [2.45, 2.75) is 12.5 Å². The van der Waals surface area contributed by atoms with Crippen LogP contribution in [0.25, 0.3) is 0 Å². The predicted molar refractivity (Wildman–Crippen MR) is 90.2 cm³/mol. The number of amides is 2. The van der Waals surface area contributed by atoms with Crippen molar-refractivity contribution < 1.29 is 24.1 Å². The van der Waals surface area contributed by atoms with Gasteiger partial charge < -0.3 is 30.0 Å². The van der Waals surface area contributed by atoms with Crippen LogP contribution in [0.1, 0.15) is 17.2 Å². The summed E-state index contributed by atoms with van der Waals surface area (Å²) in [5.41, 5.74) is 2.43. The van der Waals surface area contributed by atoms with E-state index < -0.39 is 12.1 Å². The minimum absolute atomic E-state index is 0.107. The van der Waals surface area contributed by atoms with Crippen molar-refractivity contribution in [2.24, 2.45) is 0 Å². The van der Waals surface area contributed by atoms with E-state index in [1.165, 1.54) is 0 Å². The highest BCUT2D eigenvalue weighted by atomic mass is 16.7. The number of ether oxygens (including phenoxy) is 3.